The number of hydrogen-bond acceptors (Lipinski definition) is 4. The van der Waals surface area contributed by atoms with E-state index in [9.17, 15) is 5.11 Å². The molecule has 26 heavy (non-hydrogen) atoms. The lowest BCUT2D eigenvalue weighted by Gasteiger charge is -2.27. The fraction of sp³-hybridized carbons (Fsp3) is 0.455. The van der Waals surface area contributed by atoms with Crippen LogP contribution in [0.4, 0.5) is 0 Å². The van der Waals surface area contributed by atoms with Gasteiger partial charge < -0.3 is 14.6 Å². The number of hydrogen-bond donors (Lipinski definition) is 1. The molecule has 0 aliphatic carbocycles. The monoisotopic (exact) mass is 357 g/mol. The first-order chi connectivity index (χ1) is 12.4. The van der Waals surface area contributed by atoms with Crippen molar-refractivity contribution in [2.45, 2.75) is 45.6 Å². The van der Waals surface area contributed by atoms with E-state index in [1.807, 2.05) is 57.2 Å². The molecule has 0 fully saturated rings. The summed E-state index contributed by atoms with van der Waals surface area (Å²) < 4.78 is 11.1. The van der Waals surface area contributed by atoms with Crippen molar-refractivity contribution in [3.63, 3.8) is 0 Å². The van der Waals surface area contributed by atoms with Crippen molar-refractivity contribution in [3.8, 4) is 5.75 Å². The van der Waals surface area contributed by atoms with Crippen LogP contribution >= 0.6 is 0 Å². The summed E-state index contributed by atoms with van der Waals surface area (Å²) in [5, 5.41) is 10.4. The van der Waals surface area contributed by atoms with Crippen molar-refractivity contribution in [1.29, 1.82) is 0 Å². The van der Waals surface area contributed by atoms with Crippen LogP contribution in [0.3, 0.4) is 0 Å². The second kappa shape index (κ2) is 9.72. The van der Waals surface area contributed by atoms with Crippen LogP contribution in [0.25, 0.3) is 0 Å². The number of benzene rings is 2. The minimum atomic E-state index is -0.538. The number of nitrogens with zero attached hydrogens (tertiary/aromatic N) is 1. The zero-order valence-electron chi connectivity index (χ0n) is 16.3. The van der Waals surface area contributed by atoms with E-state index in [1.165, 1.54) is 5.56 Å². The van der Waals surface area contributed by atoms with Gasteiger partial charge in [-0.05, 0) is 44.0 Å². The molecule has 4 heteroatoms. The highest BCUT2D eigenvalue weighted by molar-refractivity contribution is 5.28. The molecule has 0 unspecified atom stereocenters. The standard InChI is InChI=1S/C22H31NO3/c1-22(2,3)26-17-20(24)16-23(14-18-9-6-5-7-10-18)15-19-11-8-12-21(13-19)25-4/h5-13,20,24H,14-17H2,1-4H3/t20-/m0/s1. The molecule has 0 aromatic heterocycles. The first kappa shape index (κ1) is 20.4. The molecule has 0 spiro atoms. The van der Waals surface area contributed by atoms with E-state index in [0.29, 0.717) is 13.2 Å². The van der Waals surface area contributed by atoms with Gasteiger partial charge in [0.1, 0.15) is 5.75 Å². The van der Waals surface area contributed by atoms with Gasteiger partial charge in [-0.25, -0.2) is 0 Å². The Labute approximate surface area is 157 Å². The Morgan fingerprint density at radius 3 is 2.27 bits per heavy atom. The summed E-state index contributed by atoms with van der Waals surface area (Å²) >= 11 is 0. The van der Waals surface area contributed by atoms with E-state index < -0.39 is 6.10 Å². The van der Waals surface area contributed by atoms with Crippen LogP contribution in [0.2, 0.25) is 0 Å². The maximum atomic E-state index is 10.4. The lowest BCUT2D eigenvalue weighted by molar-refractivity contribution is -0.0572. The van der Waals surface area contributed by atoms with E-state index in [4.69, 9.17) is 9.47 Å². The first-order valence-corrected chi connectivity index (χ1v) is 9.07. The van der Waals surface area contributed by atoms with Gasteiger partial charge in [-0.15, -0.1) is 0 Å². The minimum absolute atomic E-state index is 0.252. The normalized spacial score (nSPS) is 13.0. The summed E-state index contributed by atoms with van der Waals surface area (Å²) in [7, 11) is 1.68. The van der Waals surface area contributed by atoms with Gasteiger partial charge in [0, 0.05) is 19.6 Å². The Morgan fingerprint density at radius 2 is 1.62 bits per heavy atom. The molecule has 2 aromatic carbocycles. The molecule has 0 saturated heterocycles. The van der Waals surface area contributed by atoms with Gasteiger partial charge in [-0.2, -0.15) is 0 Å². The third-order valence-corrected chi connectivity index (χ3v) is 3.97. The molecule has 1 atom stereocenters. The third kappa shape index (κ3) is 7.56. The Bertz CT molecular complexity index is 652. The third-order valence-electron chi connectivity index (χ3n) is 3.97. The van der Waals surface area contributed by atoms with Gasteiger partial charge in [0.05, 0.1) is 25.4 Å². The van der Waals surface area contributed by atoms with Gasteiger partial charge in [0.25, 0.3) is 0 Å². The van der Waals surface area contributed by atoms with Gasteiger partial charge in [-0.1, -0.05) is 42.5 Å². The SMILES string of the molecule is COc1cccc(CN(Cc2ccccc2)C[C@H](O)COC(C)(C)C)c1. The van der Waals surface area contributed by atoms with Crippen LogP contribution in [-0.2, 0) is 17.8 Å². The van der Waals surface area contributed by atoms with Crippen molar-refractivity contribution < 1.29 is 14.6 Å². The summed E-state index contributed by atoms with van der Waals surface area (Å²) in [6.45, 7) is 8.37. The number of ether oxygens (including phenoxy) is 2. The van der Waals surface area contributed by atoms with Crippen molar-refractivity contribution in [2.24, 2.45) is 0 Å². The van der Waals surface area contributed by atoms with Crippen molar-refractivity contribution in [3.05, 3.63) is 65.7 Å². The summed E-state index contributed by atoms with van der Waals surface area (Å²) in [5.74, 6) is 0.846. The van der Waals surface area contributed by atoms with Crippen LogP contribution in [0.5, 0.6) is 5.75 Å². The predicted octanol–water partition coefficient (Wildman–Crippen LogP) is 3.87. The number of aliphatic hydroxyl groups excluding tert-OH is 1. The molecule has 0 amide bonds. The van der Waals surface area contributed by atoms with Gasteiger partial charge in [0.2, 0.25) is 0 Å². The highest BCUT2D eigenvalue weighted by atomic mass is 16.5. The Morgan fingerprint density at radius 1 is 0.962 bits per heavy atom. The fourth-order valence-corrected chi connectivity index (χ4v) is 2.75. The van der Waals surface area contributed by atoms with Crippen molar-refractivity contribution in [1.82, 2.24) is 4.90 Å². The molecule has 0 aliphatic rings. The van der Waals surface area contributed by atoms with E-state index in [0.717, 1.165) is 24.4 Å². The van der Waals surface area contributed by atoms with Crippen LogP contribution in [0.1, 0.15) is 31.9 Å². The summed E-state index contributed by atoms with van der Waals surface area (Å²) in [5.41, 5.74) is 2.13. The average molecular weight is 357 g/mol. The number of rotatable bonds is 9. The maximum Gasteiger partial charge on any atom is 0.119 e. The number of aliphatic hydroxyl groups is 1. The summed E-state index contributed by atoms with van der Waals surface area (Å²) in [4.78, 5) is 2.24. The average Bonchev–Trinajstić information content (AvgIpc) is 2.60. The largest absolute Gasteiger partial charge is 0.497 e. The van der Waals surface area contributed by atoms with Gasteiger partial charge in [0.15, 0.2) is 0 Å². The Balaban J connectivity index is 2.05. The van der Waals surface area contributed by atoms with E-state index >= 15 is 0 Å². The molecule has 0 radical (unpaired) electrons. The topological polar surface area (TPSA) is 41.9 Å². The molecule has 0 aliphatic heterocycles. The van der Waals surface area contributed by atoms with E-state index in [1.54, 1.807) is 7.11 Å². The predicted molar refractivity (Wildman–Crippen MR) is 105 cm³/mol. The zero-order valence-corrected chi connectivity index (χ0v) is 16.3. The minimum Gasteiger partial charge on any atom is -0.497 e. The molecule has 0 heterocycles. The highest BCUT2D eigenvalue weighted by Gasteiger charge is 2.17. The van der Waals surface area contributed by atoms with Crippen molar-refractivity contribution in [2.75, 3.05) is 20.3 Å². The van der Waals surface area contributed by atoms with Crippen LogP contribution in [0, 0.1) is 0 Å². The summed E-state index contributed by atoms with van der Waals surface area (Å²) in [6, 6.07) is 18.4. The lowest BCUT2D eigenvalue weighted by atomic mass is 10.1. The molecular formula is C22H31NO3. The van der Waals surface area contributed by atoms with E-state index in [2.05, 4.69) is 23.1 Å². The molecular weight excluding hydrogens is 326 g/mol. The van der Waals surface area contributed by atoms with Crippen LogP contribution in [-0.4, -0.2) is 42.0 Å². The molecule has 2 aromatic rings. The van der Waals surface area contributed by atoms with Gasteiger partial charge in [-0.3, -0.25) is 4.90 Å². The lowest BCUT2D eigenvalue weighted by Crippen LogP contribution is -2.36. The fourth-order valence-electron chi connectivity index (χ4n) is 2.75. The quantitative estimate of drug-likeness (QED) is 0.740. The highest BCUT2D eigenvalue weighted by Crippen LogP contribution is 2.17. The first-order valence-electron chi connectivity index (χ1n) is 9.07. The van der Waals surface area contributed by atoms with Crippen LogP contribution in [0.15, 0.2) is 54.6 Å². The number of methoxy groups -OCH3 is 1. The summed E-state index contributed by atoms with van der Waals surface area (Å²) in [6.07, 6.45) is -0.538. The molecule has 142 valence electrons. The second-order valence-corrected chi connectivity index (χ2v) is 7.58. The second-order valence-electron chi connectivity index (χ2n) is 7.58. The maximum absolute atomic E-state index is 10.4. The Hall–Kier alpha value is -1.88. The van der Waals surface area contributed by atoms with Gasteiger partial charge >= 0.3 is 0 Å². The Kier molecular flexibility index (Phi) is 7.64. The molecule has 0 saturated carbocycles. The smallest absolute Gasteiger partial charge is 0.119 e. The van der Waals surface area contributed by atoms with Crippen LogP contribution < -0.4 is 4.74 Å². The zero-order chi connectivity index (χ0) is 19.0. The molecule has 2 rings (SSSR count). The molecule has 1 N–H and O–H groups in total. The van der Waals surface area contributed by atoms with E-state index in [-0.39, 0.29) is 5.60 Å². The molecule has 0 bridgehead atoms. The van der Waals surface area contributed by atoms with Crippen molar-refractivity contribution >= 4 is 0 Å². The molecule has 4 nitrogen and oxygen atoms in total.